The second-order valence-corrected chi connectivity index (χ2v) is 5.36. The predicted molar refractivity (Wildman–Crippen MR) is 89.8 cm³/mol. The molecule has 0 unspecified atom stereocenters. The van der Waals surface area contributed by atoms with Gasteiger partial charge in [0.1, 0.15) is 0 Å². The molecule has 0 fully saturated rings. The Bertz CT molecular complexity index is 1030. The van der Waals surface area contributed by atoms with E-state index in [9.17, 15) is 4.79 Å². The molecule has 0 amide bonds. The number of aromatic nitrogens is 2. The zero-order chi connectivity index (χ0) is 15.8. The van der Waals surface area contributed by atoms with E-state index in [-0.39, 0.29) is 5.63 Å². The molecule has 0 spiro atoms. The molecule has 4 aromatic rings. The number of nitrogens with zero attached hydrogens (tertiary/aromatic N) is 2. The molecule has 4 nitrogen and oxygen atoms in total. The lowest BCUT2D eigenvalue weighted by Gasteiger charge is -2.04. The Kier molecular flexibility index (Phi) is 3.08. The van der Waals surface area contributed by atoms with Crippen LogP contribution in [0, 0.1) is 6.92 Å². The van der Waals surface area contributed by atoms with Crippen molar-refractivity contribution in [3.8, 4) is 16.8 Å². The Balaban J connectivity index is 2.08. The lowest BCUT2D eigenvalue weighted by atomic mass is 10.0. The van der Waals surface area contributed by atoms with Crippen LogP contribution in [0.25, 0.3) is 27.9 Å². The second kappa shape index (κ2) is 5.25. The van der Waals surface area contributed by atoms with Crippen LogP contribution in [0.1, 0.15) is 5.69 Å². The smallest absolute Gasteiger partial charge is 0.338 e. The van der Waals surface area contributed by atoms with Crippen molar-refractivity contribution in [3.63, 3.8) is 0 Å². The first-order chi connectivity index (χ1) is 11.2. The van der Waals surface area contributed by atoms with E-state index in [1.807, 2.05) is 67.6 Å². The van der Waals surface area contributed by atoms with E-state index in [0.717, 1.165) is 27.9 Å². The Morgan fingerprint density at radius 1 is 0.957 bits per heavy atom. The minimum absolute atomic E-state index is 0.381. The summed E-state index contributed by atoms with van der Waals surface area (Å²) in [7, 11) is 0. The Labute approximate surface area is 132 Å². The predicted octanol–water partition coefficient (Wildman–Crippen LogP) is 3.95. The monoisotopic (exact) mass is 302 g/mol. The molecular formula is C19H14N2O2. The zero-order valence-corrected chi connectivity index (χ0v) is 12.6. The lowest BCUT2D eigenvalue weighted by Crippen LogP contribution is -2.01. The van der Waals surface area contributed by atoms with Crippen molar-refractivity contribution < 1.29 is 4.42 Å². The van der Waals surface area contributed by atoms with E-state index in [1.54, 1.807) is 4.68 Å². The highest BCUT2D eigenvalue weighted by Crippen LogP contribution is 2.30. The summed E-state index contributed by atoms with van der Waals surface area (Å²) in [4.78, 5) is 12.1. The van der Waals surface area contributed by atoms with Crippen LogP contribution >= 0.6 is 0 Å². The molecule has 0 bridgehead atoms. The van der Waals surface area contributed by atoms with Gasteiger partial charge in [-0.15, -0.1) is 0 Å². The van der Waals surface area contributed by atoms with Crippen LogP contribution in [0.3, 0.4) is 0 Å². The Morgan fingerprint density at radius 2 is 1.61 bits per heavy atom. The highest BCUT2D eigenvalue weighted by atomic mass is 16.4. The maximum absolute atomic E-state index is 12.1. The summed E-state index contributed by atoms with van der Waals surface area (Å²) >= 11 is 0. The second-order valence-electron chi connectivity index (χ2n) is 5.36. The molecule has 2 aromatic carbocycles. The molecule has 2 heterocycles. The normalized spacial score (nSPS) is 11.0. The third kappa shape index (κ3) is 2.25. The van der Waals surface area contributed by atoms with Crippen LogP contribution in [-0.4, -0.2) is 9.78 Å². The first kappa shape index (κ1) is 13.5. The average molecular weight is 302 g/mol. The van der Waals surface area contributed by atoms with E-state index in [1.165, 1.54) is 6.07 Å². The highest BCUT2D eigenvalue weighted by molar-refractivity contribution is 5.94. The van der Waals surface area contributed by atoms with Gasteiger partial charge in [0.25, 0.3) is 0 Å². The molecule has 0 atom stereocenters. The van der Waals surface area contributed by atoms with E-state index in [2.05, 4.69) is 5.10 Å². The molecule has 112 valence electrons. The van der Waals surface area contributed by atoms with E-state index >= 15 is 0 Å². The van der Waals surface area contributed by atoms with Crippen LogP contribution < -0.4 is 5.63 Å². The minimum atomic E-state index is -0.381. The van der Waals surface area contributed by atoms with Gasteiger partial charge in [-0.05, 0) is 24.6 Å². The molecule has 0 saturated heterocycles. The Morgan fingerprint density at radius 3 is 2.30 bits per heavy atom. The molecule has 4 rings (SSSR count). The average Bonchev–Trinajstić information content (AvgIpc) is 2.92. The number of hydrogen-bond acceptors (Lipinski definition) is 3. The summed E-state index contributed by atoms with van der Waals surface area (Å²) in [6.07, 6.45) is 0. The third-order valence-corrected chi connectivity index (χ3v) is 3.83. The topological polar surface area (TPSA) is 48.0 Å². The third-order valence-electron chi connectivity index (χ3n) is 3.83. The zero-order valence-electron chi connectivity index (χ0n) is 12.6. The molecule has 4 heteroatoms. The van der Waals surface area contributed by atoms with Crippen LogP contribution in [0.5, 0.6) is 0 Å². The van der Waals surface area contributed by atoms with Crippen molar-refractivity contribution in [2.24, 2.45) is 0 Å². The molecule has 0 aliphatic heterocycles. The van der Waals surface area contributed by atoms with Crippen molar-refractivity contribution in [1.82, 2.24) is 9.78 Å². The molecule has 0 aliphatic rings. The summed E-state index contributed by atoms with van der Waals surface area (Å²) in [5.74, 6) is 0. The molecule has 2 aromatic heterocycles. The summed E-state index contributed by atoms with van der Waals surface area (Å²) in [5, 5.41) is 5.43. The van der Waals surface area contributed by atoms with E-state index in [4.69, 9.17) is 4.42 Å². The SMILES string of the molecule is Cc1nn(-c2ccccc2)c2oc(=O)cc(-c3ccccc3)c12. The van der Waals surface area contributed by atoms with Gasteiger partial charge >= 0.3 is 5.63 Å². The van der Waals surface area contributed by atoms with Gasteiger partial charge in [0.15, 0.2) is 0 Å². The molecule has 23 heavy (non-hydrogen) atoms. The number of aryl methyl sites for hydroxylation is 1. The van der Waals surface area contributed by atoms with Crippen molar-refractivity contribution in [2.45, 2.75) is 6.92 Å². The van der Waals surface area contributed by atoms with Gasteiger partial charge < -0.3 is 4.42 Å². The fraction of sp³-hybridized carbons (Fsp3) is 0.0526. The molecule has 0 saturated carbocycles. The number of fused-ring (bicyclic) bond motifs is 1. The first-order valence-corrected chi connectivity index (χ1v) is 7.38. The summed E-state index contributed by atoms with van der Waals surface area (Å²) in [6.45, 7) is 1.92. The molecule has 0 radical (unpaired) electrons. The number of rotatable bonds is 2. The van der Waals surface area contributed by atoms with Gasteiger partial charge in [0.05, 0.1) is 16.8 Å². The van der Waals surface area contributed by atoms with Crippen molar-refractivity contribution in [2.75, 3.05) is 0 Å². The Hall–Kier alpha value is -3.14. The molecule has 0 N–H and O–H groups in total. The standard InChI is InChI=1S/C19H14N2O2/c1-13-18-16(14-8-4-2-5-9-14)12-17(22)23-19(18)21(20-13)15-10-6-3-7-11-15/h2-12H,1H3. The van der Waals surface area contributed by atoms with Gasteiger partial charge in [0.2, 0.25) is 5.71 Å². The number of para-hydroxylation sites is 1. The van der Waals surface area contributed by atoms with Gasteiger partial charge in [-0.3, -0.25) is 0 Å². The minimum Gasteiger partial charge on any atom is -0.403 e. The number of benzene rings is 2. The summed E-state index contributed by atoms with van der Waals surface area (Å²) < 4.78 is 7.15. The maximum atomic E-state index is 12.1. The van der Waals surface area contributed by atoms with Gasteiger partial charge in [-0.1, -0.05) is 48.5 Å². The summed E-state index contributed by atoms with van der Waals surface area (Å²) in [5.41, 5.74) is 3.59. The van der Waals surface area contributed by atoms with Crippen molar-refractivity contribution in [3.05, 3.63) is 82.8 Å². The molecular weight excluding hydrogens is 288 g/mol. The quantitative estimate of drug-likeness (QED) is 0.563. The van der Waals surface area contributed by atoms with E-state index in [0.29, 0.717) is 5.71 Å². The van der Waals surface area contributed by atoms with Gasteiger partial charge in [-0.2, -0.15) is 9.78 Å². The van der Waals surface area contributed by atoms with Crippen LogP contribution in [0.2, 0.25) is 0 Å². The summed E-state index contributed by atoms with van der Waals surface area (Å²) in [6, 6.07) is 21.0. The van der Waals surface area contributed by atoms with Gasteiger partial charge in [0, 0.05) is 11.6 Å². The van der Waals surface area contributed by atoms with Crippen molar-refractivity contribution in [1.29, 1.82) is 0 Å². The first-order valence-electron chi connectivity index (χ1n) is 7.38. The van der Waals surface area contributed by atoms with Gasteiger partial charge in [-0.25, -0.2) is 4.79 Å². The van der Waals surface area contributed by atoms with Crippen LogP contribution in [0.15, 0.2) is 75.9 Å². The maximum Gasteiger partial charge on any atom is 0.338 e. The highest BCUT2D eigenvalue weighted by Gasteiger charge is 2.17. The fourth-order valence-corrected chi connectivity index (χ4v) is 2.81. The lowest BCUT2D eigenvalue weighted by molar-refractivity contribution is 0.536. The number of hydrogen-bond donors (Lipinski definition) is 0. The van der Waals surface area contributed by atoms with E-state index < -0.39 is 0 Å². The fourth-order valence-electron chi connectivity index (χ4n) is 2.81. The van der Waals surface area contributed by atoms with Crippen LogP contribution in [-0.2, 0) is 0 Å². The molecule has 0 aliphatic carbocycles. The largest absolute Gasteiger partial charge is 0.403 e. The van der Waals surface area contributed by atoms with Crippen molar-refractivity contribution >= 4 is 11.1 Å². The van der Waals surface area contributed by atoms with Crippen LogP contribution in [0.4, 0.5) is 0 Å².